The number of ether oxygens (including phenoxy) is 1. The van der Waals surface area contributed by atoms with Gasteiger partial charge in [0, 0.05) is 10.4 Å². The fourth-order valence-electron chi connectivity index (χ4n) is 1.33. The number of halogens is 2. The van der Waals surface area contributed by atoms with Crippen molar-refractivity contribution >= 4 is 40.1 Å². The predicted octanol–water partition coefficient (Wildman–Crippen LogP) is 2.72. The topological polar surface area (TPSA) is 52.1 Å². The highest BCUT2D eigenvalue weighted by atomic mass is 35.5. The molecule has 0 atom stereocenters. The molecule has 0 unspecified atom stereocenters. The average molecular weight is 257 g/mol. The summed E-state index contributed by atoms with van der Waals surface area (Å²) in [5.41, 5.74) is 0.641. The molecule has 0 aliphatic carbocycles. The molecule has 1 heterocycles. The number of carbonyl (C=O) groups excluding carboxylic acids is 1. The molecule has 82 valence electrons. The Kier molecular flexibility index (Phi) is 2.94. The maximum Gasteiger partial charge on any atom is 0.357 e. The van der Waals surface area contributed by atoms with Gasteiger partial charge in [0.25, 0.3) is 0 Å². The Balaban J connectivity index is 2.77. The lowest BCUT2D eigenvalue weighted by Crippen LogP contribution is -2.06. The first-order chi connectivity index (χ1) is 7.61. The van der Waals surface area contributed by atoms with Gasteiger partial charge in [0.15, 0.2) is 5.69 Å². The van der Waals surface area contributed by atoms with Crippen molar-refractivity contribution in [3.8, 4) is 0 Å². The standard InChI is InChI=1S/C10H6Cl2N2O2/c1-16-9(15)8-6-3-2-5(11)4-7(6)13-10(12)14-8/h2-4H,1H3. The number of methoxy groups -OCH3 is 1. The quantitative estimate of drug-likeness (QED) is 0.582. The molecule has 0 saturated heterocycles. The molecule has 0 bridgehead atoms. The minimum absolute atomic E-state index is 0.0184. The molecule has 16 heavy (non-hydrogen) atoms. The zero-order valence-electron chi connectivity index (χ0n) is 8.20. The predicted molar refractivity (Wildman–Crippen MR) is 60.9 cm³/mol. The summed E-state index contributed by atoms with van der Waals surface area (Å²) >= 11 is 11.5. The van der Waals surface area contributed by atoms with Crippen molar-refractivity contribution < 1.29 is 9.53 Å². The van der Waals surface area contributed by atoms with Crippen LogP contribution in [0.2, 0.25) is 10.3 Å². The van der Waals surface area contributed by atoms with Crippen molar-refractivity contribution in [3.63, 3.8) is 0 Å². The van der Waals surface area contributed by atoms with E-state index in [-0.39, 0.29) is 11.0 Å². The van der Waals surface area contributed by atoms with Crippen molar-refractivity contribution in [2.45, 2.75) is 0 Å². The highest BCUT2D eigenvalue weighted by Crippen LogP contribution is 2.22. The zero-order chi connectivity index (χ0) is 11.7. The Labute approximate surface area is 101 Å². The summed E-state index contributed by atoms with van der Waals surface area (Å²) in [6.45, 7) is 0. The Bertz CT molecular complexity index is 567. The first kappa shape index (κ1) is 11.1. The van der Waals surface area contributed by atoms with Gasteiger partial charge in [0.05, 0.1) is 12.6 Å². The van der Waals surface area contributed by atoms with E-state index in [1.54, 1.807) is 18.2 Å². The first-order valence-corrected chi connectivity index (χ1v) is 5.08. The minimum Gasteiger partial charge on any atom is -0.464 e. The van der Waals surface area contributed by atoms with Crippen LogP contribution in [0.4, 0.5) is 0 Å². The molecule has 1 aromatic carbocycles. The molecule has 0 aliphatic rings. The van der Waals surface area contributed by atoms with E-state index in [0.29, 0.717) is 15.9 Å². The van der Waals surface area contributed by atoms with Gasteiger partial charge < -0.3 is 4.74 Å². The second-order valence-electron chi connectivity index (χ2n) is 2.99. The summed E-state index contributed by atoms with van der Waals surface area (Å²) in [5.74, 6) is -0.559. The van der Waals surface area contributed by atoms with Crippen LogP contribution < -0.4 is 0 Å². The number of fused-ring (bicyclic) bond motifs is 1. The largest absolute Gasteiger partial charge is 0.464 e. The number of hydrogen-bond donors (Lipinski definition) is 0. The van der Waals surface area contributed by atoms with E-state index in [1.807, 2.05) is 0 Å². The van der Waals surface area contributed by atoms with Gasteiger partial charge in [0.1, 0.15) is 0 Å². The summed E-state index contributed by atoms with van der Waals surface area (Å²) in [6, 6.07) is 4.91. The number of nitrogens with zero attached hydrogens (tertiary/aromatic N) is 2. The number of benzene rings is 1. The van der Waals surface area contributed by atoms with Crippen molar-refractivity contribution in [3.05, 3.63) is 34.2 Å². The average Bonchev–Trinajstić information content (AvgIpc) is 2.26. The van der Waals surface area contributed by atoms with Crippen molar-refractivity contribution in [1.29, 1.82) is 0 Å². The summed E-state index contributed by atoms with van der Waals surface area (Å²) in [6.07, 6.45) is 0. The lowest BCUT2D eigenvalue weighted by Gasteiger charge is -2.04. The third-order valence-electron chi connectivity index (χ3n) is 2.01. The van der Waals surface area contributed by atoms with Gasteiger partial charge >= 0.3 is 5.97 Å². The molecule has 2 rings (SSSR count). The van der Waals surface area contributed by atoms with Crippen molar-refractivity contribution in [1.82, 2.24) is 9.97 Å². The van der Waals surface area contributed by atoms with Crippen LogP contribution in [-0.2, 0) is 4.74 Å². The van der Waals surface area contributed by atoms with E-state index < -0.39 is 5.97 Å². The fourth-order valence-corrected chi connectivity index (χ4v) is 1.67. The second-order valence-corrected chi connectivity index (χ2v) is 3.77. The van der Waals surface area contributed by atoms with E-state index >= 15 is 0 Å². The van der Waals surface area contributed by atoms with Gasteiger partial charge in [-0.05, 0) is 29.8 Å². The van der Waals surface area contributed by atoms with Crippen LogP contribution in [0.1, 0.15) is 10.5 Å². The van der Waals surface area contributed by atoms with Crippen LogP contribution in [0, 0.1) is 0 Å². The maximum atomic E-state index is 11.5. The number of carbonyl (C=O) groups is 1. The van der Waals surface area contributed by atoms with E-state index in [4.69, 9.17) is 23.2 Å². The summed E-state index contributed by atoms with van der Waals surface area (Å²) in [7, 11) is 1.28. The minimum atomic E-state index is -0.559. The normalized spacial score (nSPS) is 10.4. The molecule has 0 aliphatic heterocycles. The van der Waals surface area contributed by atoms with Crippen LogP contribution in [0.25, 0.3) is 10.9 Å². The third-order valence-corrected chi connectivity index (χ3v) is 2.41. The summed E-state index contributed by atoms with van der Waals surface area (Å²) in [4.78, 5) is 19.3. The molecule has 4 nitrogen and oxygen atoms in total. The SMILES string of the molecule is COC(=O)c1nc(Cl)nc2cc(Cl)ccc12. The van der Waals surface area contributed by atoms with Crippen LogP contribution in [0.5, 0.6) is 0 Å². The van der Waals surface area contributed by atoms with E-state index in [9.17, 15) is 4.79 Å². The van der Waals surface area contributed by atoms with Gasteiger partial charge in [0.2, 0.25) is 5.28 Å². The van der Waals surface area contributed by atoms with Crippen LogP contribution >= 0.6 is 23.2 Å². The number of rotatable bonds is 1. The number of hydrogen-bond acceptors (Lipinski definition) is 4. The molecule has 1 aromatic heterocycles. The molecular formula is C10H6Cl2N2O2. The Hall–Kier alpha value is -1.39. The second kappa shape index (κ2) is 4.23. The number of aromatic nitrogens is 2. The van der Waals surface area contributed by atoms with E-state index in [1.165, 1.54) is 7.11 Å². The van der Waals surface area contributed by atoms with Crippen LogP contribution in [0.3, 0.4) is 0 Å². The van der Waals surface area contributed by atoms with Crippen molar-refractivity contribution in [2.75, 3.05) is 7.11 Å². The van der Waals surface area contributed by atoms with E-state index in [0.717, 1.165) is 0 Å². The number of esters is 1. The van der Waals surface area contributed by atoms with Gasteiger partial charge in [-0.1, -0.05) is 11.6 Å². The smallest absolute Gasteiger partial charge is 0.357 e. The third kappa shape index (κ3) is 1.94. The lowest BCUT2D eigenvalue weighted by molar-refractivity contribution is 0.0596. The molecule has 0 spiro atoms. The molecule has 0 fully saturated rings. The summed E-state index contributed by atoms with van der Waals surface area (Å²) < 4.78 is 4.61. The molecule has 0 amide bonds. The van der Waals surface area contributed by atoms with Crippen molar-refractivity contribution in [2.24, 2.45) is 0 Å². The lowest BCUT2D eigenvalue weighted by atomic mass is 10.2. The molecule has 6 heteroatoms. The highest BCUT2D eigenvalue weighted by Gasteiger charge is 2.14. The van der Waals surface area contributed by atoms with Gasteiger partial charge in [-0.15, -0.1) is 0 Å². The fraction of sp³-hybridized carbons (Fsp3) is 0.100. The monoisotopic (exact) mass is 256 g/mol. The summed E-state index contributed by atoms with van der Waals surface area (Å²) in [5, 5.41) is 1.05. The maximum absolute atomic E-state index is 11.5. The molecule has 2 aromatic rings. The molecular weight excluding hydrogens is 251 g/mol. The molecule has 0 N–H and O–H groups in total. The molecule has 0 saturated carbocycles. The Morgan fingerprint density at radius 1 is 1.31 bits per heavy atom. The van der Waals surface area contributed by atoms with Gasteiger partial charge in [-0.25, -0.2) is 14.8 Å². The van der Waals surface area contributed by atoms with Gasteiger partial charge in [-0.2, -0.15) is 0 Å². The zero-order valence-corrected chi connectivity index (χ0v) is 9.71. The van der Waals surface area contributed by atoms with Crippen LogP contribution in [0.15, 0.2) is 18.2 Å². The van der Waals surface area contributed by atoms with Gasteiger partial charge in [-0.3, -0.25) is 0 Å². The van der Waals surface area contributed by atoms with E-state index in [2.05, 4.69) is 14.7 Å². The Morgan fingerprint density at radius 2 is 2.06 bits per heavy atom. The first-order valence-electron chi connectivity index (χ1n) is 4.33. The molecule has 0 radical (unpaired) electrons. The van der Waals surface area contributed by atoms with Crippen LogP contribution in [-0.4, -0.2) is 23.0 Å². The highest BCUT2D eigenvalue weighted by molar-refractivity contribution is 6.31. The Morgan fingerprint density at radius 3 is 2.75 bits per heavy atom.